The number of nitriles is 1. The van der Waals surface area contributed by atoms with Crippen molar-refractivity contribution in [3.05, 3.63) is 29.8 Å². The van der Waals surface area contributed by atoms with Crippen LogP contribution in [0.2, 0.25) is 0 Å². The van der Waals surface area contributed by atoms with Crippen LogP contribution in [0.25, 0.3) is 0 Å². The lowest BCUT2D eigenvalue weighted by Gasteiger charge is -2.16. The van der Waals surface area contributed by atoms with Gasteiger partial charge in [0.2, 0.25) is 5.91 Å². The van der Waals surface area contributed by atoms with E-state index in [2.05, 4.69) is 11.4 Å². The van der Waals surface area contributed by atoms with Gasteiger partial charge in [-0.25, -0.2) is 0 Å². The third kappa shape index (κ3) is 3.60. The van der Waals surface area contributed by atoms with Gasteiger partial charge in [-0.05, 0) is 38.0 Å². The molecular weight excluding hydrogens is 212 g/mol. The minimum Gasteiger partial charge on any atom is -0.326 e. The first-order chi connectivity index (χ1) is 7.99. The molecule has 0 unspecified atom stereocenters. The Balaban J connectivity index is 2.76. The number of benzene rings is 1. The maximum atomic E-state index is 11.4. The third-order valence-corrected chi connectivity index (χ3v) is 2.65. The molecular formula is C14H18N2O. The highest BCUT2D eigenvalue weighted by Gasteiger charge is 2.19. The van der Waals surface area contributed by atoms with Gasteiger partial charge in [-0.15, -0.1) is 0 Å². The van der Waals surface area contributed by atoms with Crippen LogP contribution < -0.4 is 5.32 Å². The van der Waals surface area contributed by atoms with Gasteiger partial charge in [0.15, 0.2) is 0 Å². The summed E-state index contributed by atoms with van der Waals surface area (Å²) in [5.41, 5.74) is 1.24. The monoisotopic (exact) mass is 230 g/mol. The van der Waals surface area contributed by atoms with Crippen molar-refractivity contribution >= 4 is 11.6 Å². The van der Waals surface area contributed by atoms with Gasteiger partial charge in [0.25, 0.3) is 0 Å². The summed E-state index contributed by atoms with van der Waals surface area (Å²) in [6, 6.07) is 9.68. The van der Waals surface area contributed by atoms with E-state index in [9.17, 15) is 4.79 Å². The van der Waals surface area contributed by atoms with Crippen molar-refractivity contribution in [1.29, 1.82) is 5.26 Å². The lowest BCUT2D eigenvalue weighted by atomic mass is 9.86. The van der Waals surface area contributed by atoms with Crippen molar-refractivity contribution in [2.75, 3.05) is 5.32 Å². The minimum absolute atomic E-state index is 0.0276. The Morgan fingerprint density at radius 1 is 1.35 bits per heavy atom. The average Bonchev–Trinajstić information content (AvgIpc) is 2.30. The topological polar surface area (TPSA) is 52.9 Å². The number of carbonyl (C=O) groups is 1. The van der Waals surface area contributed by atoms with Crippen LogP contribution in [0.1, 0.15) is 39.2 Å². The number of hydrogen-bond donors (Lipinski definition) is 1. The van der Waals surface area contributed by atoms with Crippen LogP contribution in [-0.2, 0) is 10.2 Å². The molecule has 1 aromatic carbocycles. The molecule has 0 saturated carbocycles. The zero-order chi connectivity index (χ0) is 12.9. The zero-order valence-corrected chi connectivity index (χ0v) is 10.6. The van der Waals surface area contributed by atoms with Crippen molar-refractivity contribution in [3.63, 3.8) is 0 Å². The molecule has 0 aliphatic carbocycles. The van der Waals surface area contributed by atoms with Gasteiger partial charge in [0.1, 0.15) is 0 Å². The van der Waals surface area contributed by atoms with Gasteiger partial charge in [-0.3, -0.25) is 4.79 Å². The molecule has 0 heterocycles. The van der Waals surface area contributed by atoms with Crippen LogP contribution in [0.4, 0.5) is 5.69 Å². The number of nitrogens with zero attached hydrogens (tertiary/aromatic N) is 1. The van der Waals surface area contributed by atoms with Crippen molar-refractivity contribution in [1.82, 2.24) is 0 Å². The van der Waals surface area contributed by atoms with Gasteiger partial charge in [-0.2, -0.15) is 5.26 Å². The third-order valence-electron chi connectivity index (χ3n) is 2.65. The molecule has 1 aromatic rings. The van der Waals surface area contributed by atoms with Crippen molar-refractivity contribution < 1.29 is 4.79 Å². The fourth-order valence-electron chi connectivity index (χ4n) is 1.49. The molecule has 1 rings (SSSR count). The van der Waals surface area contributed by atoms with Gasteiger partial charge < -0.3 is 5.32 Å². The summed E-state index contributed by atoms with van der Waals surface area (Å²) in [5.74, 6) is 0.0276. The number of carbonyl (C=O) groups excluding carboxylic acids is 1. The zero-order valence-electron chi connectivity index (χ0n) is 10.6. The molecule has 17 heavy (non-hydrogen) atoms. The summed E-state index contributed by atoms with van der Waals surface area (Å²) >= 11 is 0. The molecule has 0 spiro atoms. The van der Waals surface area contributed by atoms with Crippen molar-refractivity contribution in [2.24, 2.45) is 0 Å². The molecule has 0 fully saturated rings. The largest absolute Gasteiger partial charge is 0.326 e. The van der Waals surface area contributed by atoms with Crippen molar-refractivity contribution in [2.45, 2.75) is 39.0 Å². The standard InChI is InChI=1S/C14H18N2O/c1-4-5-13(17)16-12-8-6-11(7-9-12)14(2,3)10-15/h6-9H,4-5H2,1-3H3,(H,16,17). The van der Waals surface area contributed by atoms with Gasteiger partial charge in [0.05, 0.1) is 11.5 Å². The van der Waals surface area contributed by atoms with E-state index in [-0.39, 0.29) is 5.91 Å². The summed E-state index contributed by atoms with van der Waals surface area (Å²) in [6.07, 6.45) is 1.37. The van der Waals surface area contributed by atoms with Crippen LogP contribution in [0.15, 0.2) is 24.3 Å². The molecule has 1 N–H and O–H groups in total. The molecule has 0 aromatic heterocycles. The first kappa shape index (κ1) is 13.2. The number of amides is 1. The lowest BCUT2D eigenvalue weighted by Crippen LogP contribution is -2.14. The number of nitrogens with one attached hydrogen (secondary N) is 1. The average molecular weight is 230 g/mol. The predicted molar refractivity (Wildman–Crippen MR) is 68.6 cm³/mol. The van der Waals surface area contributed by atoms with E-state index < -0.39 is 5.41 Å². The molecule has 3 heteroatoms. The molecule has 0 radical (unpaired) electrons. The molecule has 0 bridgehead atoms. The normalized spacial score (nSPS) is 10.7. The van der Waals surface area contributed by atoms with Crippen molar-refractivity contribution in [3.8, 4) is 6.07 Å². The summed E-state index contributed by atoms with van der Waals surface area (Å²) in [7, 11) is 0. The maximum Gasteiger partial charge on any atom is 0.224 e. The lowest BCUT2D eigenvalue weighted by molar-refractivity contribution is -0.116. The molecule has 0 atom stereocenters. The van der Waals surface area contributed by atoms with E-state index in [1.807, 2.05) is 45.0 Å². The van der Waals surface area contributed by atoms with Crippen LogP contribution in [-0.4, -0.2) is 5.91 Å². The Morgan fingerprint density at radius 3 is 2.41 bits per heavy atom. The molecule has 0 saturated heterocycles. The van der Waals surface area contributed by atoms with E-state index in [0.717, 1.165) is 17.7 Å². The first-order valence-corrected chi connectivity index (χ1v) is 5.81. The van der Waals surface area contributed by atoms with E-state index in [1.54, 1.807) is 0 Å². The maximum absolute atomic E-state index is 11.4. The molecule has 0 aliphatic rings. The Morgan fingerprint density at radius 2 is 1.94 bits per heavy atom. The Hall–Kier alpha value is -1.82. The fourth-order valence-corrected chi connectivity index (χ4v) is 1.49. The number of anilines is 1. The number of hydrogen-bond acceptors (Lipinski definition) is 2. The van der Waals surface area contributed by atoms with E-state index >= 15 is 0 Å². The Kier molecular flexibility index (Phi) is 4.28. The highest BCUT2D eigenvalue weighted by molar-refractivity contribution is 5.90. The minimum atomic E-state index is -0.494. The van der Waals surface area contributed by atoms with E-state index in [0.29, 0.717) is 6.42 Å². The van der Waals surface area contributed by atoms with Gasteiger partial charge >= 0.3 is 0 Å². The predicted octanol–water partition coefficient (Wildman–Crippen LogP) is 3.23. The van der Waals surface area contributed by atoms with Crippen LogP contribution in [0, 0.1) is 11.3 Å². The molecule has 0 aliphatic heterocycles. The van der Waals surface area contributed by atoms with Crippen LogP contribution >= 0.6 is 0 Å². The smallest absolute Gasteiger partial charge is 0.224 e. The summed E-state index contributed by atoms with van der Waals surface area (Å²) in [5, 5.41) is 11.8. The molecule has 1 amide bonds. The first-order valence-electron chi connectivity index (χ1n) is 5.81. The SMILES string of the molecule is CCCC(=O)Nc1ccc(C(C)(C)C#N)cc1. The van der Waals surface area contributed by atoms with E-state index in [4.69, 9.17) is 5.26 Å². The molecule has 3 nitrogen and oxygen atoms in total. The number of rotatable bonds is 4. The second-order valence-corrected chi connectivity index (χ2v) is 4.61. The summed E-state index contributed by atoms with van der Waals surface area (Å²) < 4.78 is 0. The Bertz CT molecular complexity index is 427. The van der Waals surface area contributed by atoms with Crippen LogP contribution in [0.5, 0.6) is 0 Å². The highest BCUT2D eigenvalue weighted by atomic mass is 16.1. The Labute approximate surface area is 102 Å². The van der Waals surface area contributed by atoms with Crippen LogP contribution in [0.3, 0.4) is 0 Å². The summed E-state index contributed by atoms with van der Waals surface area (Å²) in [6.45, 7) is 5.72. The van der Waals surface area contributed by atoms with Gasteiger partial charge in [-0.1, -0.05) is 19.1 Å². The molecule has 90 valence electrons. The van der Waals surface area contributed by atoms with E-state index in [1.165, 1.54) is 0 Å². The fraction of sp³-hybridized carbons (Fsp3) is 0.429. The summed E-state index contributed by atoms with van der Waals surface area (Å²) in [4.78, 5) is 11.4. The highest BCUT2D eigenvalue weighted by Crippen LogP contribution is 2.23. The second kappa shape index (κ2) is 5.49. The quantitative estimate of drug-likeness (QED) is 0.863. The second-order valence-electron chi connectivity index (χ2n) is 4.61. The van der Waals surface area contributed by atoms with Gasteiger partial charge in [0, 0.05) is 12.1 Å².